The standard InChI is InChI=1S/C26H25F4N5O3S/c27-18-7-11-21(12-8-18)39(37,38)35-13-1-2-23(35)24(36)31-15-20-14-22(34-25(33-20)32-19-9-10-19)16-3-5-17(6-4-16)26(28,29)30/h3-8,11-12,14,19,23H,1-2,9-10,13,15H2,(H,31,36)(H,32,33,34). The van der Waals surface area contributed by atoms with Gasteiger partial charge in [-0.1, -0.05) is 12.1 Å². The van der Waals surface area contributed by atoms with Crippen LogP contribution in [0.4, 0.5) is 23.5 Å². The minimum atomic E-state index is -4.46. The first-order chi connectivity index (χ1) is 18.5. The molecular formula is C26H25F4N5O3S. The van der Waals surface area contributed by atoms with E-state index in [9.17, 15) is 30.8 Å². The molecule has 1 unspecified atom stereocenters. The van der Waals surface area contributed by atoms with Crippen molar-refractivity contribution in [2.45, 2.75) is 55.4 Å². The number of carbonyl (C=O) groups is 1. The smallest absolute Gasteiger partial charge is 0.351 e. The van der Waals surface area contributed by atoms with Crippen molar-refractivity contribution < 1.29 is 30.8 Å². The number of hydrogen-bond acceptors (Lipinski definition) is 6. The molecule has 2 aliphatic rings. The van der Waals surface area contributed by atoms with Crippen LogP contribution in [0.5, 0.6) is 0 Å². The average molecular weight is 564 g/mol. The number of benzene rings is 2. The van der Waals surface area contributed by atoms with Crippen molar-refractivity contribution in [1.82, 2.24) is 19.6 Å². The molecule has 1 saturated heterocycles. The van der Waals surface area contributed by atoms with Gasteiger partial charge in [0.25, 0.3) is 0 Å². The number of sulfonamides is 1. The van der Waals surface area contributed by atoms with Crippen molar-refractivity contribution in [3.63, 3.8) is 0 Å². The van der Waals surface area contributed by atoms with E-state index < -0.39 is 39.5 Å². The molecule has 1 aliphatic carbocycles. The summed E-state index contributed by atoms with van der Waals surface area (Å²) in [5, 5.41) is 5.90. The lowest BCUT2D eigenvalue weighted by molar-refractivity contribution is -0.137. The molecule has 39 heavy (non-hydrogen) atoms. The zero-order valence-corrected chi connectivity index (χ0v) is 21.4. The lowest BCUT2D eigenvalue weighted by Crippen LogP contribution is -2.45. The van der Waals surface area contributed by atoms with E-state index >= 15 is 0 Å². The van der Waals surface area contributed by atoms with Gasteiger partial charge in [-0.05, 0) is 68.1 Å². The number of anilines is 1. The van der Waals surface area contributed by atoms with Crippen LogP contribution in [0, 0.1) is 5.82 Å². The number of rotatable bonds is 8. The van der Waals surface area contributed by atoms with Gasteiger partial charge in [-0.15, -0.1) is 0 Å². The highest BCUT2D eigenvalue weighted by Crippen LogP contribution is 2.32. The van der Waals surface area contributed by atoms with Crippen LogP contribution in [0.3, 0.4) is 0 Å². The number of hydrogen-bond donors (Lipinski definition) is 2. The van der Waals surface area contributed by atoms with E-state index in [1.807, 2.05) is 0 Å². The van der Waals surface area contributed by atoms with Crippen molar-refractivity contribution >= 4 is 21.9 Å². The molecule has 2 N–H and O–H groups in total. The van der Waals surface area contributed by atoms with E-state index in [-0.39, 0.29) is 24.0 Å². The predicted molar refractivity (Wildman–Crippen MR) is 134 cm³/mol. The second kappa shape index (κ2) is 10.5. The van der Waals surface area contributed by atoms with Crippen molar-refractivity contribution in [3.05, 3.63) is 71.7 Å². The molecule has 0 radical (unpaired) electrons. The first-order valence-corrected chi connectivity index (χ1v) is 13.8. The summed E-state index contributed by atoms with van der Waals surface area (Å²) >= 11 is 0. The van der Waals surface area contributed by atoms with E-state index in [1.165, 1.54) is 12.1 Å². The van der Waals surface area contributed by atoms with Gasteiger partial charge in [0.2, 0.25) is 21.9 Å². The second-order valence-corrected chi connectivity index (χ2v) is 11.4. The van der Waals surface area contributed by atoms with Crippen molar-refractivity contribution in [1.29, 1.82) is 0 Å². The van der Waals surface area contributed by atoms with Crippen LogP contribution in [0.2, 0.25) is 0 Å². The van der Waals surface area contributed by atoms with Crippen LogP contribution < -0.4 is 10.6 Å². The SMILES string of the molecule is O=C(NCc1cc(-c2ccc(C(F)(F)F)cc2)nc(NC2CC2)n1)C1CCCN1S(=O)(=O)c1ccc(F)cc1. The number of aromatic nitrogens is 2. The Hall–Kier alpha value is -3.58. The maximum atomic E-state index is 13.3. The van der Waals surface area contributed by atoms with Crippen LogP contribution >= 0.6 is 0 Å². The topological polar surface area (TPSA) is 104 Å². The highest BCUT2D eigenvalue weighted by molar-refractivity contribution is 7.89. The molecular weight excluding hydrogens is 538 g/mol. The molecule has 1 aliphatic heterocycles. The summed E-state index contributed by atoms with van der Waals surface area (Å²) in [6.45, 7) is 0.105. The second-order valence-electron chi connectivity index (χ2n) is 9.51. The molecule has 0 bridgehead atoms. The van der Waals surface area contributed by atoms with E-state index in [2.05, 4.69) is 20.6 Å². The summed E-state index contributed by atoms with van der Waals surface area (Å²) in [6.07, 6.45) is -1.77. The quantitative estimate of drug-likeness (QED) is 0.395. The van der Waals surface area contributed by atoms with Gasteiger partial charge in [-0.25, -0.2) is 22.8 Å². The van der Waals surface area contributed by atoms with Crippen molar-refractivity contribution in [2.24, 2.45) is 0 Å². The van der Waals surface area contributed by atoms with Gasteiger partial charge in [0.1, 0.15) is 11.9 Å². The number of nitrogens with zero attached hydrogens (tertiary/aromatic N) is 3. The molecule has 5 rings (SSSR count). The minimum absolute atomic E-state index is 0.0464. The molecule has 13 heteroatoms. The summed E-state index contributed by atoms with van der Waals surface area (Å²) in [5.74, 6) is -0.786. The lowest BCUT2D eigenvalue weighted by Gasteiger charge is -2.23. The molecule has 2 heterocycles. The Bertz CT molecular complexity index is 1460. The molecule has 3 aromatic rings. The lowest BCUT2D eigenvalue weighted by atomic mass is 10.1. The van der Waals surface area contributed by atoms with Gasteiger partial charge < -0.3 is 10.6 Å². The monoisotopic (exact) mass is 563 g/mol. The molecule has 206 valence electrons. The fourth-order valence-corrected chi connectivity index (χ4v) is 6.02. The summed E-state index contributed by atoms with van der Waals surface area (Å²) in [7, 11) is -4.01. The highest BCUT2D eigenvalue weighted by atomic mass is 32.2. The molecule has 1 atom stereocenters. The summed E-state index contributed by atoms with van der Waals surface area (Å²) < 4.78 is 79.6. The third-order valence-electron chi connectivity index (χ3n) is 6.57. The maximum absolute atomic E-state index is 13.3. The van der Waals surface area contributed by atoms with Gasteiger partial charge in [0.15, 0.2) is 0 Å². The summed E-state index contributed by atoms with van der Waals surface area (Å²) in [4.78, 5) is 21.8. The van der Waals surface area contributed by atoms with Gasteiger partial charge in [-0.3, -0.25) is 4.79 Å². The van der Waals surface area contributed by atoms with Crippen LogP contribution in [-0.4, -0.2) is 47.2 Å². The molecule has 1 amide bonds. The highest BCUT2D eigenvalue weighted by Gasteiger charge is 2.39. The first-order valence-electron chi connectivity index (χ1n) is 12.4. The van der Waals surface area contributed by atoms with Gasteiger partial charge >= 0.3 is 6.18 Å². The number of alkyl halides is 3. The Kier molecular flexibility index (Phi) is 7.29. The van der Waals surface area contributed by atoms with Gasteiger partial charge in [0.05, 0.1) is 28.4 Å². The van der Waals surface area contributed by atoms with Crippen LogP contribution in [0.1, 0.15) is 36.9 Å². The number of nitrogens with one attached hydrogen (secondary N) is 2. The van der Waals surface area contributed by atoms with E-state index in [0.29, 0.717) is 35.7 Å². The molecule has 1 aromatic heterocycles. The number of carbonyl (C=O) groups excluding carboxylic acids is 1. The number of halogens is 4. The minimum Gasteiger partial charge on any atom is -0.351 e. The Labute approximate surface area is 222 Å². The summed E-state index contributed by atoms with van der Waals surface area (Å²) in [6, 6.07) is 9.86. The molecule has 2 aromatic carbocycles. The van der Waals surface area contributed by atoms with Crippen LogP contribution in [0.15, 0.2) is 59.5 Å². The van der Waals surface area contributed by atoms with E-state index in [1.54, 1.807) is 6.07 Å². The fourth-order valence-electron chi connectivity index (χ4n) is 4.37. The van der Waals surface area contributed by atoms with Gasteiger partial charge in [-0.2, -0.15) is 17.5 Å². The fraction of sp³-hybridized carbons (Fsp3) is 0.346. The number of amides is 1. The molecule has 1 saturated carbocycles. The normalized spacial score (nSPS) is 18.2. The van der Waals surface area contributed by atoms with Crippen molar-refractivity contribution in [3.8, 4) is 11.3 Å². The van der Waals surface area contributed by atoms with Crippen molar-refractivity contribution in [2.75, 3.05) is 11.9 Å². The third-order valence-corrected chi connectivity index (χ3v) is 8.49. The third kappa shape index (κ3) is 6.19. The van der Waals surface area contributed by atoms with E-state index in [0.717, 1.165) is 53.5 Å². The molecule has 2 fully saturated rings. The Morgan fingerprint density at radius 1 is 1.00 bits per heavy atom. The Balaban J connectivity index is 1.33. The van der Waals surface area contributed by atoms with Gasteiger partial charge in [0, 0.05) is 18.2 Å². The van der Waals surface area contributed by atoms with Crippen LogP contribution in [0.25, 0.3) is 11.3 Å². The first kappa shape index (κ1) is 27.0. The summed E-state index contributed by atoms with van der Waals surface area (Å²) in [5.41, 5.74) is 0.458. The Morgan fingerprint density at radius 3 is 2.33 bits per heavy atom. The maximum Gasteiger partial charge on any atom is 0.416 e. The molecule has 8 nitrogen and oxygen atoms in total. The zero-order valence-electron chi connectivity index (χ0n) is 20.6. The zero-order chi connectivity index (χ0) is 27.8. The largest absolute Gasteiger partial charge is 0.416 e. The Morgan fingerprint density at radius 2 is 1.69 bits per heavy atom. The van der Waals surface area contributed by atoms with E-state index in [4.69, 9.17) is 0 Å². The average Bonchev–Trinajstić information content (AvgIpc) is 3.56. The molecule has 0 spiro atoms. The predicted octanol–water partition coefficient (Wildman–Crippen LogP) is 4.35. The van der Waals surface area contributed by atoms with Crippen LogP contribution in [-0.2, 0) is 27.5 Å².